The molecule has 146 valence electrons. The monoisotopic (exact) mass is 393 g/mol. The van der Waals surface area contributed by atoms with Gasteiger partial charge >= 0.3 is 33.0 Å². The fourth-order valence-corrected chi connectivity index (χ4v) is 1.89. The fraction of sp³-hybridized carbons (Fsp3) is 0.615. The Balaban J connectivity index is 0.000000697. The van der Waals surface area contributed by atoms with E-state index in [2.05, 4.69) is 57.7 Å². The summed E-state index contributed by atoms with van der Waals surface area (Å²) in [5.74, 6) is 0.749. The molecule has 0 aliphatic carbocycles. The van der Waals surface area contributed by atoms with E-state index in [1.807, 2.05) is 0 Å². The summed E-state index contributed by atoms with van der Waals surface area (Å²) in [4.78, 5) is 5.05. The third-order valence-corrected chi connectivity index (χ3v) is 2.80. The Hall–Kier alpha value is -1.73. The van der Waals surface area contributed by atoms with Gasteiger partial charge in [0.05, 0.1) is 26.2 Å². The molecule has 12 heteroatoms. The van der Waals surface area contributed by atoms with Crippen LogP contribution in [0.5, 0.6) is 0 Å². The number of halogens is 6. The van der Waals surface area contributed by atoms with Gasteiger partial charge in [-0.15, -0.1) is 0 Å². The maximum absolute atomic E-state index is 10.7. The first-order valence-corrected chi connectivity index (χ1v) is 9.59. The molecule has 0 saturated heterocycles. The number of nitrogens with zero attached hydrogens (tertiary/aromatic N) is 5. The van der Waals surface area contributed by atoms with Crippen molar-refractivity contribution in [3.63, 3.8) is 0 Å². The minimum atomic E-state index is -10.7. The number of rotatable bonds is 6. The van der Waals surface area contributed by atoms with Gasteiger partial charge in [-0.3, -0.25) is 9.48 Å². The van der Waals surface area contributed by atoms with E-state index in [-0.39, 0.29) is 0 Å². The summed E-state index contributed by atoms with van der Waals surface area (Å²) in [6, 6.07) is 0. The van der Waals surface area contributed by atoms with Crippen molar-refractivity contribution in [1.29, 1.82) is 0 Å². The van der Waals surface area contributed by atoms with Crippen LogP contribution < -0.4 is 0 Å². The maximum atomic E-state index is 9.87. The zero-order valence-electron chi connectivity index (χ0n) is 14.0. The quantitative estimate of drug-likeness (QED) is 0.0994. The molecule has 0 atom stereocenters. The van der Waals surface area contributed by atoms with E-state index < -0.39 is 7.81 Å². The Morgan fingerprint density at radius 3 is 2.08 bits per heavy atom. The average Bonchev–Trinajstić information content (AvgIpc) is 2.79. The first kappa shape index (κ1) is 23.3. The van der Waals surface area contributed by atoms with Crippen LogP contribution in [-0.2, 0) is 0 Å². The van der Waals surface area contributed by atoms with Crippen LogP contribution in [0.2, 0.25) is 0 Å². The predicted octanol–water partition coefficient (Wildman–Crippen LogP) is 6.30. The number of allylic oxidation sites excluding steroid dienone is 2. The molecule has 0 radical (unpaired) electrons. The van der Waals surface area contributed by atoms with E-state index in [1.165, 1.54) is 0 Å². The van der Waals surface area contributed by atoms with Crippen LogP contribution >= 0.6 is 7.81 Å². The van der Waals surface area contributed by atoms with Crippen LogP contribution in [0.1, 0.15) is 26.7 Å². The van der Waals surface area contributed by atoms with Gasteiger partial charge in [0.2, 0.25) is 0 Å². The topological polar surface area (TPSA) is 55.0 Å². The van der Waals surface area contributed by atoms with Gasteiger partial charge in [0.1, 0.15) is 0 Å². The zero-order valence-corrected chi connectivity index (χ0v) is 14.9. The first-order valence-electron chi connectivity index (χ1n) is 7.56. The molecule has 1 heterocycles. The van der Waals surface area contributed by atoms with Gasteiger partial charge in [0.15, 0.2) is 0 Å². The Bertz CT molecular complexity index is 563. The standard InChI is InChI=1S/C13H22N5.F6P/c1-3-5-7-9-17-11-12-18(10-8-6-4-2)13(17)15-16-14;1-7(2,3,4,5)6/h5-8H,3-4,9-12H2,1-2H3;/q+1;-1/b7-5-,8-6-;. The van der Waals surface area contributed by atoms with E-state index in [0.717, 1.165) is 45.0 Å². The molecule has 1 aliphatic heterocycles. The summed E-state index contributed by atoms with van der Waals surface area (Å²) >= 11 is 0. The van der Waals surface area contributed by atoms with Crippen molar-refractivity contribution in [2.45, 2.75) is 26.7 Å². The first-order chi connectivity index (χ1) is 11.3. The van der Waals surface area contributed by atoms with Crippen LogP contribution in [0.4, 0.5) is 25.2 Å². The van der Waals surface area contributed by atoms with Gasteiger partial charge in [-0.05, 0) is 18.4 Å². The number of hydrogen-bond acceptors (Lipinski definition) is 2. The Morgan fingerprint density at radius 2 is 1.60 bits per heavy atom. The third kappa shape index (κ3) is 15.5. The summed E-state index contributed by atoms with van der Waals surface area (Å²) in [6.07, 6.45) is 10.6. The van der Waals surface area contributed by atoms with Crippen LogP contribution in [0.25, 0.3) is 10.4 Å². The van der Waals surface area contributed by atoms with Crippen LogP contribution in [-0.4, -0.2) is 41.6 Å². The molecule has 0 spiro atoms. The van der Waals surface area contributed by atoms with Crippen molar-refractivity contribution < 1.29 is 29.8 Å². The minimum absolute atomic E-state index is 0.749. The van der Waals surface area contributed by atoms with E-state index in [4.69, 9.17) is 5.53 Å². The van der Waals surface area contributed by atoms with Crippen LogP contribution in [0.15, 0.2) is 29.4 Å². The second-order valence-electron chi connectivity index (χ2n) is 5.10. The normalized spacial score (nSPS) is 18.0. The molecule has 0 bridgehead atoms. The molecule has 0 saturated carbocycles. The molecule has 0 aromatic carbocycles. The molecule has 25 heavy (non-hydrogen) atoms. The molecular formula is C13H22F6N5P. The fourth-order valence-electron chi connectivity index (χ4n) is 1.89. The summed E-state index contributed by atoms with van der Waals surface area (Å²) < 4.78 is 61.3. The van der Waals surface area contributed by atoms with Crippen molar-refractivity contribution in [2.24, 2.45) is 5.11 Å². The summed E-state index contributed by atoms with van der Waals surface area (Å²) in [5.41, 5.74) is 8.65. The van der Waals surface area contributed by atoms with E-state index in [1.54, 1.807) is 0 Å². The summed E-state index contributed by atoms with van der Waals surface area (Å²) in [7, 11) is -10.7. The molecule has 0 N–H and O–H groups in total. The molecule has 1 rings (SSSR count). The van der Waals surface area contributed by atoms with Gasteiger partial charge in [-0.1, -0.05) is 38.2 Å². The van der Waals surface area contributed by atoms with E-state index >= 15 is 0 Å². The molecule has 1 aliphatic rings. The molecule has 0 fully saturated rings. The SMILES string of the molecule is CC/C=C\CN1CC[N+](C/C=C\CC)=C1N=[N+]=[N-].F[P-](F)(F)(F)(F)F. The predicted molar refractivity (Wildman–Crippen MR) is 88.2 cm³/mol. The average molecular weight is 393 g/mol. The second-order valence-corrected chi connectivity index (χ2v) is 7.02. The van der Waals surface area contributed by atoms with Crippen molar-refractivity contribution in [3.05, 3.63) is 34.7 Å². The number of guanidine groups is 1. The van der Waals surface area contributed by atoms with Crippen molar-refractivity contribution in [1.82, 2.24) is 4.90 Å². The van der Waals surface area contributed by atoms with Crippen molar-refractivity contribution >= 4 is 13.8 Å². The number of hydrogen-bond donors (Lipinski definition) is 0. The third-order valence-electron chi connectivity index (χ3n) is 2.80. The Morgan fingerprint density at radius 1 is 1.08 bits per heavy atom. The number of azide groups is 1. The van der Waals surface area contributed by atoms with Crippen molar-refractivity contribution in [2.75, 3.05) is 26.2 Å². The summed E-state index contributed by atoms with van der Waals surface area (Å²) in [6.45, 7) is 7.69. The van der Waals surface area contributed by atoms with Crippen LogP contribution in [0, 0.1) is 0 Å². The van der Waals surface area contributed by atoms with Gasteiger partial charge in [-0.25, -0.2) is 0 Å². The van der Waals surface area contributed by atoms with E-state index in [9.17, 15) is 25.2 Å². The zero-order chi connectivity index (χ0) is 19.6. The van der Waals surface area contributed by atoms with E-state index in [0.29, 0.717) is 0 Å². The molecular weight excluding hydrogens is 371 g/mol. The second kappa shape index (κ2) is 8.58. The van der Waals surface area contributed by atoms with Crippen LogP contribution in [0.3, 0.4) is 0 Å². The van der Waals surface area contributed by atoms with Gasteiger partial charge < -0.3 is 0 Å². The molecule has 0 aromatic heterocycles. The Kier molecular flexibility index (Phi) is 7.99. The van der Waals surface area contributed by atoms with Gasteiger partial charge in [0.25, 0.3) is 5.96 Å². The molecule has 5 nitrogen and oxygen atoms in total. The Labute approximate surface area is 142 Å². The summed E-state index contributed by atoms with van der Waals surface area (Å²) in [5, 5.41) is 3.83. The van der Waals surface area contributed by atoms with Gasteiger partial charge in [0, 0.05) is 10.0 Å². The van der Waals surface area contributed by atoms with Crippen molar-refractivity contribution in [3.8, 4) is 0 Å². The molecule has 0 unspecified atom stereocenters. The molecule has 0 aromatic rings. The molecule has 0 amide bonds. The van der Waals surface area contributed by atoms with Gasteiger partial charge in [-0.2, -0.15) is 0 Å².